The molecule has 0 saturated carbocycles. The zero-order chi connectivity index (χ0) is 23.4. The number of aliphatic hydroxyl groups excluding tert-OH is 1. The molecule has 33 heavy (non-hydrogen) atoms. The van der Waals surface area contributed by atoms with Gasteiger partial charge in [-0.1, -0.05) is 55.1 Å². The molecule has 0 fully saturated rings. The Morgan fingerprint density at radius 2 is 1.85 bits per heavy atom. The van der Waals surface area contributed by atoms with Crippen LogP contribution in [-0.2, 0) is 11.2 Å². The lowest BCUT2D eigenvalue weighted by molar-refractivity contribution is -0.129. The second-order valence-corrected chi connectivity index (χ2v) is 7.81. The minimum absolute atomic E-state index is 0.0159. The van der Waals surface area contributed by atoms with Crippen LogP contribution in [0.1, 0.15) is 33.5 Å². The summed E-state index contributed by atoms with van der Waals surface area (Å²) in [4.78, 5) is 27.9. The quantitative estimate of drug-likeness (QED) is 0.373. The van der Waals surface area contributed by atoms with Gasteiger partial charge in [-0.15, -0.1) is 0 Å². The molecule has 3 aromatic rings. The van der Waals surface area contributed by atoms with Crippen molar-refractivity contribution < 1.29 is 23.8 Å². The zero-order valence-electron chi connectivity index (χ0n) is 18.4. The molecule has 168 valence electrons. The zero-order valence-corrected chi connectivity index (χ0v) is 18.4. The van der Waals surface area contributed by atoms with Crippen LogP contribution in [0.4, 0.5) is 0 Å². The average molecular weight is 443 g/mol. The summed E-state index contributed by atoms with van der Waals surface area (Å²) in [5, 5.41) is 10.8. The first-order chi connectivity index (χ1) is 16.0. The van der Waals surface area contributed by atoms with Gasteiger partial charge in [-0.25, -0.2) is 0 Å². The van der Waals surface area contributed by atoms with Crippen LogP contribution in [0.25, 0.3) is 0 Å². The maximum atomic E-state index is 13.3. The van der Waals surface area contributed by atoms with Gasteiger partial charge in [0.1, 0.15) is 18.1 Å². The molecule has 1 aliphatic rings. The molecular weight excluding hydrogens is 418 g/mol. The third-order valence-electron chi connectivity index (χ3n) is 5.56. The largest absolute Gasteiger partial charge is 0.503 e. The molecule has 0 radical (unpaired) electrons. The number of aryl methyl sites for hydroxylation is 1. The molecule has 4 rings (SSSR count). The molecule has 1 unspecified atom stereocenters. The van der Waals surface area contributed by atoms with Gasteiger partial charge in [-0.05, 0) is 48.7 Å². The number of benzene rings is 2. The van der Waals surface area contributed by atoms with Gasteiger partial charge < -0.3 is 19.2 Å². The summed E-state index contributed by atoms with van der Waals surface area (Å²) in [6, 6.07) is 19.4. The molecule has 1 N–H and O–H groups in total. The Morgan fingerprint density at radius 3 is 2.48 bits per heavy atom. The van der Waals surface area contributed by atoms with Crippen LogP contribution in [0.15, 0.2) is 95.1 Å². The minimum atomic E-state index is -0.743. The van der Waals surface area contributed by atoms with Crippen LogP contribution < -0.4 is 4.74 Å². The number of hydrogen-bond acceptors (Lipinski definition) is 5. The monoisotopic (exact) mass is 443 g/mol. The summed E-state index contributed by atoms with van der Waals surface area (Å²) in [7, 11) is 0. The van der Waals surface area contributed by atoms with Gasteiger partial charge in [-0.3, -0.25) is 9.59 Å². The minimum Gasteiger partial charge on any atom is -0.503 e. The molecular formula is C27H25NO5. The predicted octanol–water partition coefficient (Wildman–Crippen LogP) is 4.97. The molecule has 6 heteroatoms. The van der Waals surface area contributed by atoms with Crippen LogP contribution in [0.5, 0.6) is 5.75 Å². The lowest BCUT2D eigenvalue weighted by atomic mass is 9.95. The van der Waals surface area contributed by atoms with Gasteiger partial charge in [0.2, 0.25) is 5.78 Å². The summed E-state index contributed by atoms with van der Waals surface area (Å²) in [5.41, 5.74) is 1.76. The number of nitrogens with zero attached hydrogens (tertiary/aromatic N) is 1. The van der Waals surface area contributed by atoms with Crippen LogP contribution in [0.2, 0.25) is 0 Å². The summed E-state index contributed by atoms with van der Waals surface area (Å²) in [6.45, 7) is 6.07. The van der Waals surface area contributed by atoms with Crippen LogP contribution >= 0.6 is 0 Å². The van der Waals surface area contributed by atoms with E-state index in [0.29, 0.717) is 36.6 Å². The third-order valence-corrected chi connectivity index (χ3v) is 5.56. The summed E-state index contributed by atoms with van der Waals surface area (Å²) < 4.78 is 11.1. The van der Waals surface area contributed by atoms with Crippen LogP contribution in [0.3, 0.4) is 0 Å². The van der Waals surface area contributed by atoms with Crippen molar-refractivity contribution in [1.82, 2.24) is 4.90 Å². The topological polar surface area (TPSA) is 80.0 Å². The van der Waals surface area contributed by atoms with Gasteiger partial charge in [0.15, 0.2) is 11.5 Å². The van der Waals surface area contributed by atoms with E-state index in [9.17, 15) is 14.7 Å². The summed E-state index contributed by atoms with van der Waals surface area (Å²) >= 11 is 0. The number of ketones is 1. The molecule has 1 amide bonds. The first-order valence-corrected chi connectivity index (χ1v) is 10.7. The van der Waals surface area contributed by atoms with Gasteiger partial charge in [0.05, 0.1) is 11.6 Å². The lowest BCUT2D eigenvalue weighted by Crippen LogP contribution is -2.33. The van der Waals surface area contributed by atoms with Gasteiger partial charge in [0, 0.05) is 6.54 Å². The Kier molecular flexibility index (Phi) is 6.45. The van der Waals surface area contributed by atoms with Crippen molar-refractivity contribution >= 4 is 11.7 Å². The van der Waals surface area contributed by atoms with Crippen LogP contribution in [0, 0.1) is 6.92 Å². The maximum absolute atomic E-state index is 13.3. The molecule has 6 nitrogen and oxygen atoms in total. The summed E-state index contributed by atoms with van der Waals surface area (Å²) in [5.74, 6) is -0.324. The van der Waals surface area contributed by atoms with E-state index in [4.69, 9.17) is 9.15 Å². The van der Waals surface area contributed by atoms with E-state index >= 15 is 0 Å². The first kappa shape index (κ1) is 22.1. The number of Topliss-reactive ketones (excluding diaryl/α,β-unsaturated/α-hetero) is 1. The number of rotatable bonds is 9. The maximum Gasteiger partial charge on any atom is 0.290 e. The Balaban J connectivity index is 1.69. The fraction of sp³-hybridized carbons (Fsp3) is 0.185. The molecule has 2 heterocycles. The van der Waals surface area contributed by atoms with Crippen molar-refractivity contribution in [2.24, 2.45) is 0 Å². The number of furan rings is 1. The fourth-order valence-corrected chi connectivity index (χ4v) is 3.95. The van der Waals surface area contributed by atoms with E-state index in [1.807, 2.05) is 30.3 Å². The van der Waals surface area contributed by atoms with E-state index in [2.05, 4.69) is 6.58 Å². The molecule has 0 bridgehead atoms. The SMILES string of the molecule is C=CCOc1ccc(C2C(C(=O)c3ccc(C)o3)=C(O)C(=O)N2CCc2ccccc2)cc1. The Bertz CT molecular complexity index is 1190. The normalized spacial score (nSPS) is 15.7. The van der Waals surface area contributed by atoms with Crippen molar-refractivity contribution in [2.45, 2.75) is 19.4 Å². The number of carbonyl (C=O) groups excluding carboxylic acids is 2. The van der Waals surface area contributed by atoms with E-state index in [0.717, 1.165) is 5.56 Å². The van der Waals surface area contributed by atoms with Crippen molar-refractivity contribution in [1.29, 1.82) is 0 Å². The molecule has 1 aromatic heterocycles. The van der Waals surface area contributed by atoms with Crippen LogP contribution in [-0.4, -0.2) is 34.8 Å². The number of amides is 1. The van der Waals surface area contributed by atoms with E-state index in [1.165, 1.54) is 4.90 Å². The van der Waals surface area contributed by atoms with E-state index < -0.39 is 23.5 Å². The fourth-order valence-electron chi connectivity index (χ4n) is 3.95. The second-order valence-electron chi connectivity index (χ2n) is 7.81. The van der Waals surface area contributed by atoms with E-state index in [1.54, 1.807) is 49.4 Å². The smallest absolute Gasteiger partial charge is 0.290 e. The molecule has 1 atom stereocenters. The predicted molar refractivity (Wildman–Crippen MR) is 124 cm³/mol. The molecule has 2 aromatic carbocycles. The first-order valence-electron chi connectivity index (χ1n) is 10.7. The number of carbonyl (C=O) groups is 2. The molecule has 0 spiro atoms. The Labute approximate surface area is 192 Å². The van der Waals surface area contributed by atoms with E-state index in [-0.39, 0.29) is 11.3 Å². The Morgan fingerprint density at radius 1 is 1.12 bits per heavy atom. The second kappa shape index (κ2) is 9.61. The highest BCUT2D eigenvalue weighted by Crippen LogP contribution is 2.39. The van der Waals surface area contributed by atoms with Crippen molar-refractivity contribution in [3.8, 4) is 5.75 Å². The number of ether oxygens (including phenoxy) is 1. The standard InChI is InChI=1S/C27H25NO5/c1-3-17-32-21-12-10-20(11-13-21)24-23(25(29)22-14-9-18(2)33-22)26(30)27(31)28(24)16-15-19-7-5-4-6-8-19/h3-14,24,30H,1,15-17H2,2H3. The highest BCUT2D eigenvalue weighted by molar-refractivity contribution is 6.15. The van der Waals surface area contributed by atoms with Crippen molar-refractivity contribution in [3.05, 3.63) is 113 Å². The number of hydrogen-bond donors (Lipinski definition) is 1. The Hall–Kier alpha value is -4.06. The van der Waals surface area contributed by atoms with Crippen molar-refractivity contribution in [3.63, 3.8) is 0 Å². The highest BCUT2D eigenvalue weighted by Gasteiger charge is 2.44. The van der Waals surface area contributed by atoms with Gasteiger partial charge in [0.25, 0.3) is 5.91 Å². The van der Waals surface area contributed by atoms with Crippen molar-refractivity contribution in [2.75, 3.05) is 13.2 Å². The molecule has 0 aliphatic carbocycles. The third kappa shape index (κ3) is 4.60. The van der Waals surface area contributed by atoms with Gasteiger partial charge in [-0.2, -0.15) is 0 Å². The summed E-state index contributed by atoms with van der Waals surface area (Å²) in [6.07, 6.45) is 2.23. The lowest BCUT2D eigenvalue weighted by Gasteiger charge is -2.27. The van der Waals surface area contributed by atoms with Gasteiger partial charge >= 0.3 is 0 Å². The average Bonchev–Trinajstić information content (AvgIpc) is 3.38. The highest BCUT2D eigenvalue weighted by atomic mass is 16.5. The molecule has 0 saturated heterocycles. The molecule has 1 aliphatic heterocycles. The number of aliphatic hydroxyl groups is 1.